The van der Waals surface area contributed by atoms with Crippen LogP contribution in [0.2, 0.25) is 0 Å². The lowest BCUT2D eigenvalue weighted by Gasteiger charge is -1.93. The third-order valence-electron chi connectivity index (χ3n) is 1.19. The second kappa shape index (κ2) is 6.97. The minimum absolute atomic E-state index is 0.291. The molecule has 0 saturated heterocycles. The Morgan fingerprint density at radius 2 is 2.31 bits per heavy atom. The fourth-order valence-corrected chi connectivity index (χ4v) is 0.615. The predicted octanol–water partition coefficient (Wildman–Crippen LogP) is 1.04. The Bertz CT molecular complexity index is 254. The standard InChI is InChI=1S/C9H13N3O/c1-2-3-5-8(11)12-9(13)6-4-7-10/h2,4,6-7,10H,1,3,5H2,(H2,11,12,13)/b6-4-,10-7?. The summed E-state index contributed by atoms with van der Waals surface area (Å²) in [6, 6.07) is 0. The molecule has 1 amide bonds. The molecular formula is C9H13N3O. The Morgan fingerprint density at radius 1 is 1.62 bits per heavy atom. The van der Waals surface area contributed by atoms with E-state index in [1.807, 2.05) is 0 Å². The van der Waals surface area contributed by atoms with E-state index in [2.05, 4.69) is 11.6 Å². The lowest BCUT2D eigenvalue weighted by Crippen LogP contribution is -2.12. The molecule has 70 valence electrons. The Hall–Kier alpha value is -1.71. The molecule has 0 aromatic heterocycles. The predicted molar refractivity (Wildman–Crippen MR) is 54.0 cm³/mol. The van der Waals surface area contributed by atoms with Crippen LogP contribution in [-0.2, 0) is 4.79 Å². The van der Waals surface area contributed by atoms with Gasteiger partial charge < -0.3 is 11.1 Å². The number of amidine groups is 1. The monoisotopic (exact) mass is 179 g/mol. The summed E-state index contributed by atoms with van der Waals surface area (Å²) in [4.78, 5) is 14.5. The highest BCUT2D eigenvalue weighted by molar-refractivity contribution is 6.00. The van der Waals surface area contributed by atoms with Crippen LogP contribution in [0.3, 0.4) is 0 Å². The van der Waals surface area contributed by atoms with Gasteiger partial charge in [-0.25, -0.2) is 0 Å². The number of amides is 1. The van der Waals surface area contributed by atoms with Gasteiger partial charge in [0.15, 0.2) is 0 Å². The van der Waals surface area contributed by atoms with Crippen molar-refractivity contribution >= 4 is 18.0 Å². The highest BCUT2D eigenvalue weighted by Gasteiger charge is 1.94. The van der Waals surface area contributed by atoms with Gasteiger partial charge in [0.25, 0.3) is 5.91 Å². The molecule has 0 atom stereocenters. The number of carbonyl (C=O) groups is 1. The van der Waals surface area contributed by atoms with Crippen molar-refractivity contribution < 1.29 is 4.79 Å². The molecule has 0 aliphatic heterocycles. The van der Waals surface area contributed by atoms with E-state index in [4.69, 9.17) is 11.1 Å². The normalized spacial score (nSPS) is 11.5. The molecule has 4 nitrogen and oxygen atoms in total. The number of nitrogens with one attached hydrogen (secondary N) is 1. The first-order chi connectivity index (χ1) is 6.20. The van der Waals surface area contributed by atoms with Crippen molar-refractivity contribution in [2.24, 2.45) is 10.7 Å². The van der Waals surface area contributed by atoms with Crippen molar-refractivity contribution in [3.8, 4) is 0 Å². The van der Waals surface area contributed by atoms with E-state index in [9.17, 15) is 4.79 Å². The summed E-state index contributed by atoms with van der Waals surface area (Å²) in [7, 11) is 0. The molecule has 0 aromatic carbocycles. The Morgan fingerprint density at radius 3 is 2.85 bits per heavy atom. The number of allylic oxidation sites excluding steroid dienone is 2. The number of aliphatic imine (C=N–C) groups is 1. The number of hydrogen-bond donors (Lipinski definition) is 2. The summed E-state index contributed by atoms with van der Waals surface area (Å²) in [5.74, 6) is -0.149. The van der Waals surface area contributed by atoms with E-state index in [0.29, 0.717) is 18.7 Å². The van der Waals surface area contributed by atoms with Gasteiger partial charge in [-0.2, -0.15) is 4.99 Å². The van der Waals surface area contributed by atoms with Gasteiger partial charge in [0, 0.05) is 18.7 Å². The SMILES string of the molecule is C=CCCC(N)=NC(=O)/C=C\C=N. The fourth-order valence-electron chi connectivity index (χ4n) is 0.615. The molecule has 0 heterocycles. The van der Waals surface area contributed by atoms with Crippen molar-refractivity contribution in [1.82, 2.24) is 0 Å². The highest BCUT2D eigenvalue weighted by Crippen LogP contribution is 1.90. The van der Waals surface area contributed by atoms with Crippen molar-refractivity contribution in [2.75, 3.05) is 0 Å². The average molecular weight is 179 g/mol. The first kappa shape index (κ1) is 11.3. The van der Waals surface area contributed by atoms with E-state index in [0.717, 1.165) is 6.21 Å². The number of nitrogens with two attached hydrogens (primary N) is 1. The molecular weight excluding hydrogens is 166 g/mol. The van der Waals surface area contributed by atoms with Gasteiger partial charge in [-0.1, -0.05) is 6.08 Å². The van der Waals surface area contributed by atoms with Crippen LogP contribution in [0.25, 0.3) is 0 Å². The lowest BCUT2D eigenvalue weighted by molar-refractivity contribution is -0.113. The van der Waals surface area contributed by atoms with Crippen molar-refractivity contribution in [1.29, 1.82) is 5.41 Å². The number of nitrogens with zero attached hydrogens (tertiary/aromatic N) is 1. The first-order valence-corrected chi connectivity index (χ1v) is 3.85. The lowest BCUT2D eigenvalue weighted by atomic mass is 10.3. The minimum Gasteiger partial charge on any atom is -0.387 e. The van der Waals surface area contributed by atoms with Crippen LogP contribution in [0.1, 0.15) is 12.8 Å². The van der Waals surface area contributed by atoms with Crippen LogP contribution in [0, 0.1) is 5.41 Å². The molecule has 0 aliphatic rings. The van der Waals surface area contributed by atoms with Gasteiger partial charge in [-0.3, -0.25) is 4.79 Å². The number of hydrogen-bond acceptors (Lipinski definition) is 2. The largest absolute Gasteiger partial charge is 0.387 e. The summed E-state index contributed by atoms with van der Waals surface area (Å²) < 4.78 is 0. The van der Waals surface area contributed by atoms with Gasteiger partial charge in [-0.05, 0) is 12.5 Å². The van der Waals surface area contributed by atoms with Gasteiger partial charge in [0.2, 0.25) is 0 Å². The minimum atomic E-state index is -0.440. The van der Waals surface area contributed by atoms with Gasteiger partial charge >= 0.3 is 0 Å². The highest BCUT2D eigenvalue weighted by atomic mass is 16.1. The molecule has 0 aliphatic carbocycles. The zero-order chi connectivity index (χ0) is 10.1. The average Bonchev–Trinajstić information content (AvgIpc) is 2.11. The van der Waals surface area contributed by atoms with E-state index >= 15 is 0 Å². The third-order valence-corrected chi connectivity index (χ3v) is 1.19. The summed E-state index contributed by atoms with van der Waals surface area (Å²) in [6.07, 6.45) is 6.44. The quantitative estimate of drug-likeness (QED) is 0.286. The molecule has 0 bridgehead atoms. The van der Waals surface area contributed by atoms with Crippen LogP contribution < -0.4 is 5.73 Å². The zero-order valence-corrected chi connectivity index (χ0v) is 7.36. The molecule has 0 spiro atoms. The maximum absolute atomic E-state index is 10.9. The Labute approximate surface area is 77.4 Å². The molecule has 0 saturated carbocycles. The second-order valence-corrected chi connectivity index (χ2v) is 2.29. The Kier molecular flexibility index (Phi) is 6.05. The van der Waals surface area contributed by atoms with Crippen LogP contribution in [-0.4, -0.2) is 18.0 Å². The summed E-state index contributed by atoms with van der Waals surface area (Å²) in [6.45, 7) is 3.52. The van der Waals surface area contributed by atoms with Gasteiger partial charge in [0.1, 0.15) is 5.84 Å². The maximum atomic E-state index is 10.9. The molecule has 0 rings (SSSR count). The topological polar surface area (TPSA) is 79.3 Å². The van der Waals surface area contributed by atoms with Crippen LogP contribution in [0.4, 0.5) is 0 Å². The molecule has 13 heavy (non-hydrogen) atoms. The number of rotatable bonds is 5. The fraction of sp³-hybridized carbons (Fsp3) is 0.222. The van der Waals surface area contributed by atoms with E-state index in [1.54, 1.807) is 6.08 Å². The van der Waals surface area contributed by atoms with Crippen molar-refractivity contribution in [3.63, 3.8) is 0 Å². The van der Waals surface area contributed by atoms with Crippen LogP contribution >= 0.6 is 0 Å². The summed E-state index contributed by atoms with van der Waals surface area (Å²) >= 11 is 0. The molecule has 0 radical (unpaired) electrons. The van der Waals surface area contributed by atoms with E-state index < -0.39 is 5.91 Å². The van der Waals surface area contributed by atoms with E-state index in [-0.39, 0.29) is 0 Å². The van der Waals surface area contributed by atoms with E-state index in [1.165, 1.54) is 12.2 Å². The number of carbonyl (C=O) groups excluding carboxylic acids is 1. The first-order valence-electron chi connectivity index (χ1n) is 3.85. The summed E-state index contributed by atoms with van der Waals surface area (Å²) in [5.41, 5.74) is 5.42. The van der Waals surface area contributed by atoms with Gasteiger partial charge in [0.05, 0.1) is 0 Å². The molecule has 3 N–H and O–H groups in total. The smallest absolute Gasteiger partial charge is 0.271 e. The molecule has 4 heteroatoms. The Balaban J connectivity index is 4.04. The zero-order valence-electron chi connectivity index (χ0n) is 7.36. The molecule has 0 unspecified atom stereocenters. The van der Waals surface area contributed by atoms with Crippen molar-refractivity contribution in [3.05, 3.63) is 24.8 Å². The summed E-state index contributed by atoms with van der Waals surface area (Å²) in [5, 5.41) is 6.63. The molecule has 0 aromatic rings. The third kappa shape index (κ3) is 6.68. The van der Waals surface area contributed by atoms with Crippen LogP contribution in [0.15, 0.2) is 29.8 Å². The second-order valence-electron chi connectivity index (χ2n) is 2.29. The molecule has 0 fully saturated rings. The van der Waals surface area contributed by atoms with Gasteiger partial charge in [-0.15, -0.1) is 6.58 Å². The van der Waals surface area contributed by atoms with Crippen molar-refractivity contribution in [2.45, 2.75) is 12.8 Å². The maximum Gasteiger partial charge on any atom is 0.271 e. The van der Waals surface area contributed by atoms with Crippen LogP contribution in [0.5, 0.6) is 0 Å².